The van der Waals surface area contributed by atoms with Crippen LogP contribution in [-0.2, 0) is 0 Å². The Balaban J connectivity index is 2.98. The van der Waals surface area contributed by atoms with Crippen molar-refractivity contribution < 1.29 is 9.90 Å². The van der Waals surface area contributed by atoms with Gasteiger partial charge < -0.3 is 10.0 Å². The summed E-state index contributed by atoms with van der Waals surface area (Å²) in [6, 6.07) is 5.30. The lowest BCUT2D eigenvalue weighted by Crippen LogP contribution is -2.38. The van der Waals surface area contributed by atoms with Crippen LogP contribution in [0.25, 0.3) is 0 Å². The van der Waals surface area contributed by atoms with Gasteiger partial charge in [0.15, 0.2) is 0 Å². The number of hydrogen-bond donors (Lipinski definition) is 1. The van der Waals surface area contributed by atoms with E-state index in [0.29, 0.717) is 12.1 Å². The predicted molar refractivity (Wildman–Crippen MR) is 69.3 cm³/mol. The van der Waals surface area contributed by atoms with E-state index in [2.05, 4.69) is 6.92 Å². The van der Waals surface area contributed by atoms with Crippen molar-refractivity contribution in [3.05, 3.63) is 29.3 Å². The highest BCUT2D eigenvalue weighted by atomic mass is 16.3. The van der Waals surface area contributed by atoms with Crippen LogP contribution in [0.5, 0.6) is 5.75 Å². The Hall–Kier alpha value is -1.51. The van der Waals surface area contributed by atoms with E-state index in [4.69, 9.17) is 0 Å². The molecule has 3 nitrogen and oxygen atoms in total. The second kappa shape index (κ2) is 5.71. The minimum Gasteiger partial charge on any atom is -0.508 e. The van der Waals surface area contributed by atoms with Crippen molar-refractivity contribution in [1.29, 1.82) is 0 Å². The molecule has 1 aromatic carbocycles. The number of nitrogens with zero attached hydrogens (tertiary/aromatic N) is 1. The second-order valence-electron chi connectivity index (χ2n) is 4.35. The molecule has 0 aliphatic heterocycles. The Morgan fingerprint density at radius 1 is 1.41 bits per heavy atom. The van der Waals surface area contributed by atoms with Crippen LogP contribution in [0.1, 0.15) is 43.1 Å². The summed E-state index contributed by atoms with van der Waals surface area (Å²) in [7, 11) is 0. The van der Waals surface area contributed by atoms with E-state index in [1.54, 1.807) is 18.2 Å². The average Bonchev–Trinajstić information content (AvgIpc) is 2.33. The molecule has 1 aromatic rings. The molecule has 0 saturated heterocycles. The second-order valence-corrected chi connectivity index (χ2v) is 4.35. The molecular formula is C14H21NO2. The first kappa shape index (κ1) is 13.6. The van der Waals surface area contributed by atoms with Crippen molar-refractivity contribution in [1.82, 2.24) is 4.90 Å². The fraction of sp³-hybridized carbons (Fsp3) is 0.500. The molecule has 0 fully saturated rings. The van der Waals surface area contributed by atoms with Crippen LogP contribution >= 0.6 is 0 Å². The summed E-state index contributed by atoms with van der Waals surface area (Å²) in [5, 5.41) is 9.63. The van der Waals surface area contributed by atoms with Gasteiger partial charge in [0.25, 0.3) is 5.91 Å². The fourth-order valence-electron chi connectivity index (χ4n) is 1.78. The van der Waals surface area contributed by atoms with Crippen LogP contribution in [0.4, 0.5) is 0 Å². The Kier molecular flexibility index (Phi) is 4.55. The zero-order valence-electron chi connectivity index (χ0n) is 11.0. The van der Waals surface area contributed by atoms with Crippen LogP contribution in [0.15, 0.2) is 18.2 Å². The SMILES string of the molecule is CCC(C)N(CC)C(=O)c1ccc(C)c(O)c1. The zero-order chi connectivity index (χ0) is 13.0. The van der Waals surface area contributed by atoms with Gasteiger partial charge in [0.1, 0.15) is 5.75 Å². The zero-order valence-corrected chi connectivity index (χ0v) is 11.0. The van der Waals surface area contributed by atoms with Gasteiger partial charge in [-0.3, -0.25) is 4.79 Å². The van der Waals surface area contributed by atoms with Gasteiger partial charge in [-0.2, -0.15) is 0 Å². The van der Waals surface area contributed by atoms with E-state index in [9.17, 15) is 9.90 Å². The van der Waals surface area contributed by atoms with Crippen LogP contribution in [0, 0.1) is 6.92 Å². The highest BCUT2D eigenvalue weighted by molar-refractivity contribution is 5.94. The molecule has 1 unspecified atom stereocenters. The number of phenols is 1. The summed E-state index contributed by atoms with van der Waals surface area (Å²) < 4.78 is 0. The maximum Gasteiger partial charge on any atom is 0.254 e. The lowest BCUT2D eigenvalue weighted by molar-refractivity contribution is 0.0699. The topological polar surface area (TPSA) is 40.5 Å². The van der Waals surface area contributed by atoms with Crippen molar-refractivity contribution in [2.24, 2.45) is 0 Å². The summed E-state index contributed by atoms with van der Waals surface area (Å²) >= 11 is 0. The van der Waals surface area contributed by atoms with E-state index in [-0.39, 0.29) is 17.7 Å². The molecule has 3 heteroatoms. The first-order valence-electron chi connectivity index (χ1n) is 6.11. The quantitative estimate of drug-likeness (QED) is 0.871. The number of aryl methyl sites for hydroxylation is 1. The molecule has 1 N–H and O–H groups in total. The molecule has 0 heterocycles. The Bertz CT molecular complexity index is 401. The standard InChI is InChI=1S/C14H21NO2/c1-5-11(4)15(6-2)14(17)12-8-7-10(3)13(16)9-12/h7-9,11,16H,5-6H2,1-4H3. The highest BCUT2D eigenvalue weighted by Gasteiger charge is 2.19. The van der Waals surface area contributed by atoms with E-state index in [1.165, 1.54) is 0 Å². The first-order valence-corrected chi connectivity index (χ1v) is 6.11. The third kappa shape index (κ3) is 2.99. The normalized spacial score (nSPS) is 12.2. The lowest BCUT2D eigenvalue weighted by atomic mass is 10.1. The van der Waals surface area contributed by atoms with E-state index in [1.807, 2.05) is 25.7 Å². The Morgan fingerprint density at radius 2 is 2.06 bits per heavy atom. The van der Waals surface area contributed by atoms with Crippen molar-refractivity contribution in [2.75, 3.05) is 6.54 Å². The van der Waals surface area contributed by atoms with E-state index < -0.39 is 0 Å². The summed E-state index contributed by atoms with van der Waals surface area (Å²) in [4.78, 5) is 14.1. The minimum atomic E-state index is -0.0165. The molecule has 0 bridgehead atoms. The molecule has 0 aliphatic rings. The van der Waals surface area contributed by atoms with E-state index in [0.717, 1.165) is 12.0 Å². The van der Waals surface area contributed by atoms with Gasteiger partial charge in [-0.1, -0.05) is 13.0 Å². The summed E-state index contributed by atoms with van der Waals surface area (Å²) in [5.41, 5.74) is 1.34. The van der Waals surface area contributed by atoms with Crippen LogP contribution in [0.2, 0.25) is 0 Å². The van der Waals surface area contributed by atoms with Crippen LogP contribution < -0.4 is 0 Å². The lowest BCUT2D eigenvalue weighted by Gasteiger charge is -2.27. The van der Waals surface area contributed by atoms with Crippen molar-refractivity contribution in [3.63, 3.8) is 0 Å². The molecule has 0 spiro atoms. The van der Waals surface area contributed by atoms with Gasteiger partial charge in [-0.25, -0.2) is 0 Å². The number of benzene rings is 1. The first-order chi connectivity index (χ1) is 8.01. The summed E-state index contributed by atoms with van der Waals surface area (Å²) in [6.45, 7) is 8.57. The fourth-order valence-corrected chi connectivity index (χ4v) is 1.78. The highest BCUT2D eigenvalue weighted by Crippen LogP contribution is 2.19. The van der Waals surface area contributed by atoms with Gasteiger partial charge >= 0.3 is 0 Å². The molecule has 0 aliphatic carbocycles. The van der Waals surface area contributed by atoms with Gasteiger partial charge in [-0.05, 0) is 44.9 Å². The van der Waals surface area contributed by atoms with Crippen molar-refractivity contribution >= 4 is 5.91 Å². The molecule has 0 aromatic heterocycles. The number of hydrogen-bond acceptors (Lipinski definition) is 2. The maximum absolute atomic E-state index is 12.3. The molecule has 94 valence electrons. The number of carbonyl (C=O) groups excluding carboxylic acids is 1. The average molecular weight is 235 g/mol. The summed E-state index contributed by atoms with van der Waals surface area (Å²) in [6.07, 6.45) is 0.928. The monoisotopic (exact) mass is 235 g/mol. The van der Waals surface area contributed by atoms with Crippen LogP contribution in [-0.4, -0.2) is 28.5 Å². The summed E-state index contributed by atoms with van der Waals surface area (Å²) in [5.74, 6) is 0.160. The van der Waals surface area contributed by atoms with Gasteiger partial charge in [0.2, 0.25) is 0 Å². The molecule has 17 heavy (non-hydrogen) atoms. The number of rotatable bonds is 4. The van der Waals surface area contributed by atoms with Gasteiger partial charge in [0.05, 0.1) is 0 Å². The third-order valence-corrected chi connectivity index (χ3v) is 3.18. The molecule has 1 rings (SSSR count). The molecular weight excluding hydrogens is 214 g/mol. The largest absolute Gasteiger partial charge is 0.508 e. The van der Waals surface area contributed by atoms with E-state index >= 15 is 0 Å². The third-order valence-electron chi connectivity index (χ3n) is 3.18. The number of amides is 1. The van der Waals surface area contributed by atoms with Crippen LogP contribution in [0.3, 0.4) is 0 Å². The predicted octanol–water partition coefficient (Wildman–Crippen LogP) is 2.96. The van der Waals surface area contributed by atoms with Crippen molar-refractivity contribution in [2.45, 2.75) is 40.2 Å². The minimum absolute atomic E-state index is 0.0165. The maximum atomic E-state index is 12.3. The molecule has 0 saturated carbocycles. The Labute approximate surface area is 103 Å². The van der Waals surface area contributed by atoms with Gasteiger partial charge in [-0.15, -0.1) is 0 Å². The van der Waals surface area contributed by atoms with Gasteiger partial charge in [0, 0.05) is 18.2 Å². The van der Waals surface area contributed by atoms with Crippen molar-refractivity contribution in [3.8, 4) is 5.75 Å². The molecule has 1 atom stereocenters. The smallest absolute Gasteiger partial charge is 0.254 e. The molecule has 1 amide bonds. The molecule has 0 radical (unpaired) electrons. The number of phenolic OH excluding ortho intramolecular Hbond substituents is 1. The number of carbonyl (C=O) groups is 1. The number of aromatic hydroxyl groups is 1. The Morgan fingerprint density at radius 3 is 2.53 bits per heavy atom.